The monoisotopic (exact) mass is 352 g/mol. The lowest BCUT2D eigenvalue weighted by Crippen LogP contribution is -2.42. The van der Waals surface area contributed by atoms with Crippen molar-refractivity contribution < 1.29 is 9.59 Å². The van der Waals surface area contributed by atoms with E-state index >= 15 is 0 Å². The number of aromatic nitrogens is 2. The Hall–Kier alpha value is -3.47. The molecule has 0 fully saturated rings. The van der Waals surface area contributed by atoms with Crippen molar-refractivity contribution in [2.24, 2.45) is 0 Å². The first-order valence-electron chi connectivity index (χ1n) is 8.15. The van der Waals surface area contributed by atoms with Crippen LogP contribution in [0.5, 0.6) is 0 Å². The fourth-order valence-corrected chi connectivity index (χ4v) is 2.89. The lowest BCUT2D eigenvalue weighted by atomic mass is 9.99. The second-order valence-electron chi connectivity index (χ2n) is 5.96. The van der Waals surface area contributed by atoms with Gasteiger partial charge in [0, 0.05) is 30.4 Å². The molecule has 0 radical (unpaired) electrons. The maximum absolute atomic E-state index is 12.6. The van der Waals surface area contributed by atoms with Gasteiger partial charge in [-0.25, -0.2) is 4.79 Å². The summed E-state index contributed by atoms with van der Waals surface area (Å²) in [5.74, 6) is -0.488. The fourth-order valence-electron chi connectivity index (χ4n) is 2.89. The molecule has 8 nitrogen and oxygen atoms in total. The summed E-state index contributed by atoms with van der Waals surface area (Å²) in [6, 6.07) is 6.60. The van der Waals surface area contributed by atoms with Gasteiger partial charge < -0.3 is 5.32 Å². The van der Waals surface area contributed by atoms with Gasteiger partial charge in [0.15, 0.2) is 5.78 Å². The van der Waals surface area contributed by atoms with Gasteiger partial charge in [-0.1, -0.05) is 0 Å². The number of ketones is 1. The second-order valence-corrected chi connectivity index (χ2v) is 5.96. The topological polar surface area (TPSA) is 114 Å². The number of fused-ring (bicyclic) bond motifs is 1. The molecule has 0 aliphatic carbocycles. The predicted molar refractivity (Wildman–Crippen MR) is 93.1 cm³/mol. The van der Waals surface area contributed by atoms with E-state index in [-0.39, 0.29) is 18.0 Å². The summed E-state index contributed by atoms with van der Waals surface area (Å²) in [6.45, 7) is 1.54. The summed E-state index contributed by atoms with van der Waals surface area (Å²) in [6.07, 6.45) is 2.07. The first kappa shape index (κ1) is 17.4. The van der Waals surface area contributed by atoms with Crippen LogP contribution in [0.15, 0.2) is 34.0 Å². The van der Waals surface area contributed by atoms with Crippen LogP contribution < -0.4 is 16.6 Å². The predicted octanol–water partition coefficient (Wildman–Crippen LogP) is 0.669. The van der Waals surface area contributed by atoms with Crippen molar-refractivity contribution >= 4 is 17.4 Å². The standard InChI is InChI=1S/C18H16N4O4/c1-2-21-9-13(8-19)17(25)22(18(21)26)10-15(23)12-3-5-14-11(7-12)4-6-16(24)20-14/h3,5,7,9H,2,4,6,10H2,1H3,(H,20,24). The highest BCUT2D eigenvalue weighted by molar-refractivity contribution is 5.98. The lowest BCUT2D eigenvalue weighted by Gasteiger charge is -2.17. The van der Waals surface area contributed by atoms with Crippen LogP contribution in [0.2, 0.25) is 0 Å². The number of amides is 1. The first-order chi connectivity index (χ1) is 12.4. The third-order valence-corrected chi connectivity index (χ3v) is 4.32. The summed E-state index contributed by atoms with van der Waals surface area (Å²) in [5.41, 5.74) is 0.245. The number of benzene rings is 1. The third kappa shape index (κ3) is 3.07. The highest BCUT2D eigenvalue weighted by Crippen LogP contribution is 2.23. The zero-order chi connectivity index (χ0) is 18.8. The summed E-state index contributed by atoms with van der Waals surface area (Å²) >= 11 is 0. The Morgan fingerprint density at radius 1 is 1.27 bits per heavy atom. The van der Waals surface area contributed by atoms with E-state index in [0.717, 1.165) is 10.1 Å². The summed E-state index contributed by atoms with van der Waals surface area (Å²) < 4.78 is 2.00. The van der Waals surface area contributed by atoms with E-state index in [1.807, 2.05) is 0 Å². The van der Waals surface area contributed by atoms with Gasteiger partial charge in [0.05, 0.1) is 6.54 Å². The van der Waals surface area contributed by atoms with Crippen molar-refractivity contribution in [2.45, 2.75) is 32.9 Å². The van der Waals surface area contributed by atoms with Crippen LogP contribution in [0.25, 0.3) is 0 Å². The minimum absolute atomic E-state index is 0.0726. The van der Waals surface area contributed by atoms with Crippen LogP contribution >= 0.6 is 0 Å². The Morgan fingerprint density at radius 2 is 2.04 bits per heavy atom. The summed E-state index contributed by atoms with van der Waals surface area (Å²) in [4.78, 5) is 48.6. The van der Waals surface area contributed by atoms with E-state index in [9.17, 15) is 19.2 Å². The zero-order valence-electron chi connectivity index (χ0n) is 14.1. The fraction of sp³-hybridized carbons (Fsp3) is 0.278. The molecule has 1 amide bonds. The minimum atomic E-state index is -0.777. The molecule has 26 heavy (non-hydrogen) atoms. The van der Waals surface area contributed by atoms with Gasteiger partial charge in [0.1, 0.15) is 11.6 Å². The number of hydrogen-bond acceptors (Lipinski definition) is 5. The molecule has 1 aromatic heterocycles. The second kappa shape index (κ2) is 6.80. The molecule has 0 atom stereocenters. The molecule has 1 N–H and O–H groups in total. The van der Waals surface area contributed by atoms with E-state index < -0.39 is 23.6 Å². The largest absolute Gasteiger partial charge is 0.331 e. The lowest BCUT2D eigenvalue weighted by molar-refractivity contribution is -0.116. The Balaban J connectivity index is 1.97. The Bertz CT molecular complexity index is 1070. The molecule has 132 valence electrons. The Labute approximate surface area is 148 Å². The molecule has 2 aromatic rings. The molecule has 1 aliphatic heterocycles. The van der Waals surface area contributed by atoms with Crippen LogP contribution in [0.4, 0.5) is 5.69 Å². The van der Waals surface area contributed by atoms with E-state index in [1.54, 1.807) is 31.2 Å². The number of aryl methyl sites for hydroxylation is 2. The molecule has 0 saturated carbocycles. The molecule has 8 heteroatoms. The average molecular weight is 352 g/mol. The van der Waals surface area contributed by atoms with Crippen molar-refractivity contribution in [1.82, 2.24) is 9.13 Å². The van der Waals surface area contributed by atoms with Gasteiger partial charge >= 0.3 is 5.69 Å². The normalized spacial score (nSPS) is 12.8. The third-order valence-electron chi connectivity index (χ3n) is 4.32. The number of hydrogen-bond donors (Lipinski definition) is 1. The number of nitrogens with zero attached hydrogens (tertiary/aromatic N) is 3. The van der Waals surface area contributed by atoms with Gasteiger partial charge in [-0.05, 0) is 37.1 Å². The van der Waals surface area contributed by atoms with E-state index in [1.165, 1.54) is 10.8 Å². The van der Waals surface area contributed by atoms with Gasteiger partial charge in [0.25, 0.3) is 5.56 Å². The van der Waals surface area contributed by atoms with E-state index in [0.29, 0.717) is 24.1 Å². The van der Waals surface area contributed by atoms with Crippen LogP contribution in [0.1, 0.15) is 34.8 Å². The van der Waals surface area contributed by atoms with Gasteiger partial charge in [0.2, 0.25) is 5.91 Å². The van der Waals surface area contributed by atoms with Crippen LogP contribution in [0, 0.1) is 11.3 Å². The van der Waals surface area contributed by atoms with E-state index in [2.05, 4.69) is 5.32 Å². The van der Waals surface area contributed by atoms with Crippen molar-refractivity contribution in [3.63, 3.8) is 0 Å². The number of anilines is 1. The number of carbonyl (C=O) groups is 2. The van der Waals surface area contributed by atoms with Crippen molar-refractivity contribution in [3.8, 4) is 6.07 Å². The molecule has 1 aliphatic rings. The minimum Gasteiger partial charge on any atom is -0.326 e. The van der Waals surface area contributed by atoms with Crippen LogP contribution in [0.3, 0.4) is 0 Å². The molecule has 2 heterocycles. The molecule has 3 rings (SSSR count). The van der Waals surface area contributed by atoms with Crippen LogP contribution in [-0.4, -0.2) is 20.8 Å². The average Bonchev–Trinajstić information content (AvgIpc) is 2.64. The summed E-state index contributed by atoms with van der Waals surface area (Å²) in [5, 5.41) is 11.8. The SMILES string of the molecule is CCn1cc(C#N)c(=O)n(CC(=O)c2ccc3c(c2)CCC(=O)N3)c1=O. The van der Waals surface area contributed by atoms with Crippen molar-refractivity contribution in [2.75, 3.05) is 5.32 Å². The number of Topliss-reactive ketones (excluding diaryl/α,β-unsaturated/α-hetero) is 1. The number of nitrogens with one attached hydrogen (secondary N) is 1. The van der Waals surface area contributed by atoms with Gasteiger partial charge in [-0.2, -0.15) is 5.26 Å². The molecule has 0 bridgehead atoms. The Morgan fingerprint density at radius 3 is 2.73 bits per heavy atom. The molecule has 1 aromatic carbocycles. The van der Waals surface area contributed by atoms with E-state index in [4.69, 9.17) is 5.26 Å². The Kier molecular flexibility index (Phi) is 4.54. The number of carbonyl (C=O) groups excluding carboxylic acids is 2. The quantitative estimate of drug-likeness (QED) is 0.812. The van der Waals surface area contributed by atoms with Crippen LogP contribution in [-0.2, 0) is 24.3 Å². The zero-order valence-corrected chi connectivity index (χ0v) is 14.1. The smallest absolute Gasteiger partial charge is 0.326 e. The molecular formula is C18H16N4O4. The van der Waals surface area contributed by atoms with Crippen molar-refractivity contribution in [1.29, 1.82) is 5.26 Å². The number of rotatable bonds is 4. The highest BCUT2D eigenvalue weighted by atomic mass is 16.2. The van der Waals surface area contributed by atoms with Gasteiger partial charge in [-0.15, -0.1) is 0 Å². The number of nitriles is 1. The highest BCUT2D eigenvalue weighted by Gasteiger charge is 2.19. The van der Waals surface area contributed by atoms with Crippen molar-refractivity contribution in [3.05, 3.63) is 61.9 Å². The molecule has 0 spiro atoms. The molecular weight excluding hydrogens is 336 g/mol. The maximum Gasteiger partial charge on any atom is 0.331 e. The maximum atomic E-state index is 12.6. The molecule has 0 saturated heterocycles. The van der Waals surface area contributed by atoms with Gasteiger partial charge in [-0.3, -0.25) is 23.5 Å². The summed E-state index contributed by atoms with van der Waals surface area (Å²) in [7, 11) is 0. The first-order valence-corrected chi connectivity index (χ1v) is 8.15. The molecule has 0 unspecified atom stereocenters.